The summed E-state index contributed by atoms with van der Waals surface area (Å²) in [5.74, 6) is 4.88. The summed E-state index contributed by atoms with van der Waals surface area (Å²) in [6.45, 7) is 11.2. The van der Waals surface area contributed by atoms with Crippen molar-refractivity contribution in [2.24, 2.45) is 0 Å². The molecular formula is C37H43ClN6O2. The maximum Gasteiger partial charge on any atom is 0.127 e. The highest BCUT2D eigenvalue weighted by Crippen LogP contribution is 2.34. The van der Waals surface area contributed by atoms with Crippen LogP contribution >= 0.6 is 11.6 Å². The molecule has 0 saturated carbocycles. The third-order valence-electron chi connectivity index (χ3n) is 8.71. The highest BCUT2D eigenvalue weighted by Gasteiger charge is 2.26. The molecule has 2 aromatic heterocycles. The third kappa shape index (κ3) is 8.18. The molecule has 1 N–H and O–H groups in total. The second kappa shape index (κ2) is 15.5. The molecule has 0 spiro atoms. The first-order valence-corrected chi connectivity index (χ1v) is 16.7. The van der Waals surface area contributed by atoms with Gasteiger partial charge >= 0.3 is 0 Å². The van der Waals surface area contributed by atoms with E-state index in [1.54, 1.807) is 0 Å². The molecule has 5 aromatic rings. The fourth-order valence-electron chi connectivity index (χ4n) is 6.03. The molecule has 3 heterocycles. The number of nitrogens with zero attached hydrogens (tertiary/aromatic N) is 5. The number of halogens is 1. The van der Waals surface area contributed by atoms with E-state index in [0.29, 0.717) is 17.5 Å². The summed E-state index contributed by atoms with van der Waals surface area (Å²) in [5, 5.41) is 0.685. The van der Waals surface area contributed by atoms with Crippen LogP contribution in [-0.2, 0) is 6.54 Å². The molecule has 8 nitrogen and oxygen atoms in total. The summed E-state index contributed by atoms with van der Waals surface area (Å²) in [4.78, 5) is 17.8. The number of aromatic nitrogens is 4. The van der Waals surface area contributed by atoms with E-state index in [1.807, 2.05) is 48.8 Å². The van der Waals surface area contributed by atoms with Gasteiger partial charge in [0.25, 0.3) is 0 Å². The molecule has 1 fully saturated rings. The van der Waals surface area contributed by atoms with E-state index in [-0.39, 0.29) is 0 Å². The lowest BCUT2D eigenvalue weighted by Crippen LogP contribution is -2.33. The number of ether oxygens (including phenoxy) is 2. The first kappa shape index (κ1) is 31.9. The number of benzene rings is 3. The van der Waals surface area contributed by atoms with Crippen LogP contribution in [0.25, 0.3) is 16.9 Å². The molecule has 0 unspecified atom stereocenters. The lowest BCUT2D eigenvalue weighted by Gasteiger charge is -2.31. The van der Waals surface area contributed by atoms with Crippen LogP contribution in [0, 0.1) is 0 Å². The van der Waals surface area contributed by atoms with Gasteiger partial charge in [0.1, 0.15) is 28.9 Å². The molecule has 46 heavy (non-hydrogen) atoms. The topological polar surface area (TPSA) is 71.4 Å². The van der Waals surface area contributed by atoms with Crippen molar-refractivity contribution in [2.75, 3.05) is 39.3 Å². The van der Waals surface area contributed by atoms with Crippen molar-refractivity contribution < 1.29 is 9.47 Å². The number of piperidine rings is 1. The Hall–Kier alpha value is -4.11. The first-order chi connectivity index (χ1) is 22.6. The lowest BCUT2D eigenvalue weighted by atomic mass is 9.95. The number of likely N-dealkylation sites (tertiary alicyclic amines) is 1. The minimum atomic E-state index is 0.352. The maximum atomic E-state index is 6.09. The normalized spacial score (nSPS) is 14.2. The quantitative estimate of drug-likeness (QED) is 0.124. The Morgan fingerprint density at radius 1 is 0.891 bits per heavy atom. The van der Waals surface area contributed by atoms with Crippen molar-refractivity contribution in [3.8, 4) is 34.2 Å². The van der Waals surface area contributed by atoms with Crippen LogP contribution in [0.3, 0.4) is 0 Å². The van der Waals surface area contributed by atoms with Gasteiger partial charge in [-0.3, -0.25) is 4.90 Å². The van der Waals surface area contributed by atoms with Crippen LogP contribution in [0.4, 0.5) is 0 Å². The first-order valence-electron chi connectivity index (χ1n) is 16.4. The van der Waals surface area contributed by atoms with Crippen molar-refractivity contribution in [2.45, 2.75) is 45.6 Å². The fraction of sp³-hybridized carbons (Fsp3) is 0.351. The molecule has 0 amide bonds. The Kier molecular flexibility index (Phi) is 10.7. The number of hydrogen-bond acceptors (Lipinski definition) is 6. The zero-order chi connectivity index (χ0) is 31.7. The highest BCUT2D eigenvalue weighted by atomic mass is 35.5. The molecule has 3 aromatic carbocycles. The van der Waals surface area contributed by atoms with Gasteiger partial charge in [0.2, 0.25) is 0 Å². The summed E-state index contributed by atoms with van der Waals surface area (Å²) in [6.07, 6.45) is 8.97. The Labute approximate surface area is 277 Å². The number of nitrogens with one attached hydrogen (secondary N) is 1. The zero-order valence-corrected chi connectivity index (χ0v) is 27.5. The second-order valence-electron chi connectivity index (χ2n) is 11.7. The van der Waals surface area contributed by atoms with Gasteiger partial charge in [-0.05, 0) is 118 Å². The number of aromatic amines is 1. The number of H-pyrrole nitrogens is 1. The SMILES string of the molecule is CCN(CC)CCCOc1ccc(-n2cc(-c3ccc(Oc4ccc(Cl)cc4)cc3)nc2C2CCN(Cc3ncc[nH]3)CC2)cc1. The predicted molar refractivity (Wildman–Crippen MR) is 184 cm³/mol. The summed E-state index contributed by atoms with van der Waals surface area (Å²) >= 11 is 6.03. The number of hydrogen-bond donors (Lipinski definition) is 1. The van der Waals surface area contributed by atoms with Crippen LogP contribution in [0.5, 0.6) is 17.2 Å². The van der Waals surface area contributed by atoms with Gasteiger partial charge < -0.3 is 23.9 Å². The van der Waals surface area contributed by atoms with Gasteiger partial charge in [-0.15, -0.1) is 0 Å². The summed E-state index contributed by atoms with van der Waals surface area (Å²) in [5.41, 5.74) is 3.08. The van der Waals surface area contributed by atoms with E-state index < -0.39 is 0 Å². The Bertz CT molecular complexity index is 1620. The van der Waals surface area contributed by atoms with E-state index >= 15 is 0 Å². The van der Waals surface area contributed by atoms with Crippen molar-refractivity contribution >= 4 is 11.6 Å². The van der Waals surface area contributed by atoms with Gasteiger partial charge in [-0.2, -0.15) is 0 Å². The van der Waals surface area contributed by atoms with Crippen LogP contribution < -0.4 is 9.47 Å². The fourth-order valence-corrected chi connectivity index (χ4v) is 6.15. The highest BCUT2D eigenvalue weighted by molar-refractivity contribution is 6.30. The summed E-state index contributed by atoms with van der Waals surface area (Å²) < 4.78 is 14.4. The van der Waals surface area contributed by atoms with Gasteiger partial charge in [0.15, 0.2) is 0 Å². The van der Waals surface area contributed by atoms with Crippen LogP contribution in [0.15, 0.2) is 91.4 Å². The molecule has 6 rings (SSSR count). The van der Waals surface area contributed by atoms with Crippen molar-refractivity contribution in [1.29, 1.82) is 0 Å². The standard InChI is InChI=1S/C37H43ClN6O2/c1-3-42(4-2)22-5-25-45-32-16-10-31(11-17-32)44-26-35(28-6-12-33(13-7-28)46-34-14-8-30(38)9-15-34)41-37(44)29-18-23-43(24-19-29)27-36-39-20-21-40-36/h6-17,20-21,26,29H,3-5,18-19,22-25,27H2,1-2H3,(H,39,40). The summed E-state index contributed by atoms with van der Waals surface area (Å²) in [6, 6.07) is 23.9. The molecule has 0 radical (unpaired) electrons. The van der Waals surface area contributed by atoms with E-state index in [9.17, 15) is 0 Å². The van der Waals surface area contributed by atoms with Crippen molar-refractivity contribution in [1.82, 2.24) is 29.3 Å². The zero-order valence-electron chi connectivity index (χ0n) is 26.7. The molecule has 0 atom stereocenters. The van der Waals surface area contributed by atoms with E-state index in [4.69, 9.17) is 26.1 Å². The molecule has 1 saturated heterocycles. The largest absolute Gasteiger partial charge is 0.494 e. The number of imidazole rings is 2. The predicted octanol–water partition coefficient (Wildman–Crippen LogP) is 8.20. The van der Waals surface area contributed by atoms with Crippen LogP contribution in [-0.4, -0.2) is 68.6 Å². The van der Waals surface area contributed by atoms with Crippen LogP contribution in [0.1, 0.15) is 50.7 Å². The van der Waals surface area contributed by atoms with Gasteiger partial charge in [0, 0.05) is 47.3 Å². The molecule has 0 aliphatic carbocycles. The van der Waals surface area contributed by atoms with E-state index in [2.05, 4.69) is 80.8 Å². The maximum absolute atomic E-state index is 6.09. The Morgan fingerprint density at radius 2 is 1.57 bits per heavy atom. The number of rotatable bonds is 14. The van der Waals surface area contributed by atoms with Crippen molar-refractivity contribution in [3.63, 3.8) is 0 Å². The minimum Gasteiger partial charge on any atom is -0.494 e. The van der Waals surface area contributed by atoms with E-state index in [0.717, 1.165) is 104 Å². The second-order valence-corrected chi connectivity index (χ2v) is 12.2. The Balaban J connectivity index is 1.18. The molecular weight excluding hydrogens is 596 g/mol. The van der Waals surface area contributed by atoms with Crippen molar-refractivity contribution in [3.05, 3.63) is 108 Å². The smallest absolute Gasteiger partial charge is 0.127 e. The van der Waals surface area contributed by atoms with Gasteiger partial charge in [-0.1, -0.05) is 25.4 Å². The third-order valence-corrected chi connectivity index (χ3v) is 8.96. The van der Waals surface area contributed by atoms with Gasteiger partial charge in [-0.25, -0.2) is 9.97 Å². The Morgan fingerprint density at radius 3 is 2.22 bits per heavy atom. The molecule has 9 heteroatoms. The monoisotopic (exact) mass is 638 g/mol. The minimum absolute atomic E-state index is 0.352. The lowest BCUT2D eigenvalue weighted by molar-refractivity contribution is 0.197. The molecule has 1 aliphatic heterocycles. The average molecular weight is 639 g/mol. The molecule has 1 aliphatic rings. The molecule has 240 valence electrons. The van der Waals surface area contributed by atoms with E-state index in [1.165, 1.54) is 0 Å². The van der Waals surface area contributed by atoms with Gasteiger partial charge in [0.05, 0.1) is 18.8 Å². The summed E-state index contributed by atoms with van der Waals surface area (Å²) in [7, 11) is 0. The van der Waals surface area contributed by atoms with Crippen LogP contribution in [0.2, 0.25) is 5.02 Å². The average Bonchev–Trinajstić information content (AvgIpc) is 3.78. The molecule has 0 bridgehead atoms.